The maximum Gasteiger partial charge on any atom is 0.306 e. The molecule has 430 valence electrons. The van der Waals surface area contributed by atoms with E-state index in [4.69, 9.17) is 14.2 Å². The van der Waals surface area contributed by atoms with Gasteiger partial charge in [-0.3, -0.25) is 14.4 Å². The second-order valence-electron chi connectivity index (χ2n) is 21.0. The normalized spacial score (nSPS) is 12.7. The molecule has 0 rings (SSSR count). The molecule has 0 aromatic carbocycles. The maximum atomic E-state index is 12.9. The van der Waals surface area contributed by atoms with E-state index in [0.717, 1.165) is 122 Å². The van der Waals surface area contributed by atoms with E-state index in [2.05, 4.69) is 118 Å². The van der Waals surface area contributed by atoms with Crippen molar-refractivity contribution in [1.82, 2.24) is 0 Å². The Morgan fingerprint density at radius 1 is 0.280 bits per heavy atom. The Morgan fingerprint density at radius 2 is 0.520 bits per heavy atom. The number of unbranched alkanes of at least 4 members (excludes halogenated alkanes) is 30. The fraction of sp³-hybridized carbons (Fsp3) is 0.725. The Kier molecular flexibility index (Phi) is 59.8. The molecule has 75 heavy (non-hydrogen) atoms. The van der Waals surface area contributed by atoms with Crippen LogP contribution in [0.5, 0.6) is 0 Å². The quantitative estimate of drug-likeness (QED) is 0.0261. The molecule has 0 aromatic rings. The van der Waals surface area contributed by atoms with Crippen LogP contribution >= 0.6 is 0 Å². The number of ether oxygens (including phenoxy) is 3. The van der Waals surface area contributed by atoms with Gasteiger partial charge < -0.3 is 14.2 Å². The van der Waals surface area contributed by atoms with Crippen LogP contribution in [-0.2, 0) is 28.6 Å². The molecule has 0 spiro atoms. The van der Waals surface area contributed by atoms with E-state index in [1.807, 2.05) is 0 Å². The summed E-state index contributed by atoms with van der Waals surface area (Å²) < 4.78 is 16.9. The largest absolute Gasteiger partial charge is 0.462 e. The first-order chi connectivity index (χ1) is 37.0. The van der Waals surface area contributed by atoms with Gasteiger partial charge in [-0.15, -0.1) is 0 Å². The molecule has 6 heteroatoms. The monoisotopic (exact) mass is 1040 g/mol. The molecule has 1 unspecified atom stereocenters. The Bertz CT molecular complexity index is 1480. The van der Waals surface area contributed by atoms with Gasteiger partial charge in [-0.05, 0) is 83.5 Å². The zero-order valence-corrected chi connectivity index (χ0v) is 49.3. The molecule has 0 aliphatic carbocycles. The standard InChI is InChI=1S/C69H118O6/c1-4-7-10-13-16-19-22-24-26-28-30-31-32-33-34-35-36-37-38-39-40-42-43-45-47-50-53-56-59-62-68(71)74-65-66(64-73-67(70)61-58-55-52-49-21-18-15-12-9-6-3)75-69(72)63-60-57-54-51-48-46-44-41-29-27-25-23-20-17-14-11-8-5-2/h7,10,16,19,24,26,30-31,33-34,36-37,39-40,43,45,66H,4-6,8-9,11-15,17-18,20-23,25,27-29,32,35,38,41-42,44,46-65H2,1-3H3/b10-7-,19-16-,26-24-,31-30-,34-33-,37-36-,40-39-,45-43-. The zero-order valence-electron chi connectivity index (χ0n) is 49.3. The van der Waals surface area contributed by atoms with Crippen LogP contribution in [0.3, 0.4) is 0 Å². The third-order valence-corrected chi connectivity index (χ3v) is 13.6. The summed E-state index contributed by atoms with van der Waals surface area (Å²) in [6.45, 7) is 6.52. The predicted octanol–water partition coefficient (Wildman–Crippen LogP) is 21.7. The third-order valence-electron chi connectivity index (χ3n) is 13.6. The van der Waals surface area contributed by atoms with Crippen LogP contribution in [0.4, 0.5) is 0 Å². The van der Waals surface area contributed by atoms with Crippen molar-refractivity contribution in [2.45, 2.75) is 309 Å². The van der Waals surface area contributed by atoms with Gasteiger partial charge >= 0.3 is 17.9 Å². The van der Waals surface area contributed by atoms with Gasteiger partial charge in [0.2, 0.25) is 0 Å². The van der Waals surface area contributed by atoms with Gasteiger partial charge in [0, 0.05) is 19.3 Å². The molecule has 0 aliphatic heterocycles. The van der Waals surface area contributed by atoms with Gasteiger partial charge in [-0.2, -0.15) is 0 Å². The average Bonchev–Trinajstić information content (AvgIpc) is 3.41. The Morgan fingerprint density at radius 3 is 0.813 bits per heavy atom. The Labute approximate surface area is 464 Å². The van der Waals surface area contributed by atoms with Crippen molar-refractivity contribution < 1.29 is 28.6 Å². The fourth-order valence-corrected chi connectivity index (χ4v) is 8.87. The van der Waals surface area contributed by atoms with E-state index in [0.29, 0.717) is 19.3 Å². The van der Waals surface area contributed by atoms with Gasteiger partial charge in [0.25, 0.3) is 0 Å². The average molecular weight is 1040 g/mol. The smallest absolute Gasteiger partial charge is 0.306 e. The second kappa shape index (κ2) is 62.9. The first kappa shape index (κ1) is 71.3. The summed E-state index contributed by atoms with van der Waals surface area (Å²) in [4.78, 5) is 38.2. The highest BCUT2D eigenvalue weighted by atomic mass is 16.6. The Hall–Kier alpha value is -3.67. The van der Waals surface area contributed by atoms with Crippen LogP contribution in [0.15, 0.2) is 97.2 Å². The predicted molar refractivity (Wildman–Crippen MR) is 325 cm³/mol. The summed E-state index contributed by atoms with van der Waals surface area (Å²) >= 11 is 0. The molecule has 0 aliphatic rings. The van der Waals surface area contributed by atoms with Crippen LogP contribution in [0.1, 0.15) is 303 Å². The molecular formula is C69H118O6. The van der Waals surface area contributed by atoms with E-state index < -0.39 is 6.10 Å². The number of carbonyl (C=O) groups is 3. The summed E-state index contributed by atoms with van der Waals surface area (Å²) in [6.07, 6.45) is 84.2. The zero-order chi connectivity index (χ0) is 54.3. The van der Waals surface area contributed by atoms with E-state index >= 15 is 0 Å². The minimum atomic E-state index is -0.785. The molecule has 0 aromatic heterocycles. The number of carbonyl (C=O) groups excluding carboxylic acids is 3. The van der Waals surface area contributed by atoms with Crippen molar-refractivity contribution in [3.05, 3.63) is 97.2 Å². The molecule has 0 saturated heterocycles. The Balaban J connectivity index is 4.30. The minimum Gasteiger partial charge on any atom is -0.462 e. The lowest BCUT2D eigenvalue weighted by Crippen LogP contribution is -2.30. The van der Waals surface area contributed by atoms with Gasteiger partial charge in [-0.25, -0.2) is 0 Å². The maximum absolute atomic E-state index is 12.9. The third kappa shape index (κ3) is 61.1. The summed E-state index contributed by atoms with van der Waals surface area (Å²) in [5, 5.41) is 0. The lowest BCUT2D eigenvalue weighted by Gasteiger charge is -2.18. The first-order valence-corrected chi connectivity index (χ1v) is 31.7. The molecule has 0 saturated carbocycles. The van der Waals surface area contributed by atoms with E-state index in [1.165, 1.54) is 141 Å². The van der Waals surface area contributed by atoms with Crippen LogP contribution in [0, 0.1) is 0 Å². The molecule has 0 radical (unpaired) electrons. The fourth-order valence-electron chi connectivity index (χ4n) is 8.87. The van der Waals surface area contributed by atoms with Gasteiger partial charge in [0.1, 0.15) is 13.2 Å². The highest BCUT2D eigenvalue weighted by Crippen LogP contribution is 2.16. The summed E-state index contributed by atoms with van der Waals surface area (Å²) in [6, 6.07) is 0. The van der Waals surface area contributed by atoms with Crippen LogP contribution in [0.25, 0.3) is 0 Å². The van der Waals surface area contributed by atoms with Crippen molar-refractivity contribution in [2.75, 3.05) is 13.2 Å². The number of hydrogen-bond acceptors (Lipinski definition) is 6. The molecule has 1 atom stereocenters. The number of rotatable bonds is 57. The number of esters is 3. The van der Waals surface area contributed by atoms with E-state index in [9.17, 15) is 14.4 Å². The highest BCUT2D eigenvalue weighted by Gasteiger charge is 2.19. The second-order valence-corrected chi connectivity index (χ2v) is 21.0. The molecule has 0 fully saturated rings. The summed E-state index contributed by atoms with van der Waals surface area (Å²) in [5.41, 5.74) is 0. The lowest BCUT2D eigenvalue weighted by atomic mass is 10.0. The molecule has 0 amide bonds. The van der Waals surface area contributed by atoms with Crippen LogP contribution in [0.2, 0.25) is 0 Å². The lowest BCUT2D eigenvalue weighted by molar-refractivity contribution is -0.167. The van der Waals surface area contributed by atoms with Crippen LogP contribution < -0.4 is 0 Å². The molecular weight excluding hydrogens is 925 g/mol. The van der Waals surface area contributed by atoms with Crippen LogP contribution in [-0.4, -0.2) is 37.2 Å². The van der Waals surface area contributed by atoms with Crippen molar-refractivity contribution in [3.63, 3.8) is 0 Å². The topological polar surface area (TPSA) is 78.9 Å². The highest BCUT2D eigenvalue weighted by molar-refractivity contribution is 5.71. The van der Waals surface area contributed by atoms with Crippen molar-refractivity contribution >= 4 is 17.9 Å². The molecule has 0 N–H and O–H groups in total. The molecule has 0 heterocycles. The van der Waals surface area contributed by atoms with Gasteiger partial charge in [-0.1, -0.05) is 298 Å². The summed E-state index contributed by atoms with van der Waals surface area (Å²) in [7, 11) is 0. The number of allylic oxidation sites excluding steroid dienone is 16. The number of hydrogen-bond donors (Lipinski definition) is 0. The SMILES string of the molecule is CC/C=C\C/C=C\C/C=C\C/C=C\C/C=C\C/C=C\C/C=C\C/C=C\CCCCCCC(=O)OCC(COC(=O)CCCCCCCCCCCC)OC(=O)CCCCCCCCCCCCCCCCCCCC. The first-order valence-electron chi connectivity index (χ1n) is 31.7. The van der Waals surface area contributed by atoms with Crippen molar-refractivity contribution in [3.8, 4) is 0 Å². The van der Waals surface area contributed by atoms with Gasteiger partial charge in [0.15, 0.2) is 6.10 Å². The van der Waals surface area contributed by atoms with Gasteiger partial charge in [0.05, 0.1) is 0 Å². The van der Waals surface area contributed by atoms with Crippen molar-refractivity contribution in [2.24, 2.45) is 0 Å². The van der Waals surface area contributed by atoms with E-state index in [-0.39, 0.29) is 31.1 Å². The molecule has 6 nitrogen and oxygen atoms in total. The minimum absolute atomic E-state index is 0.0818. The summed E-state index contributed by atoms with van der Waals surface area (Å²) in [5.74, 6) is -0.898. The van der Waals surface area contributed by atoms with E-state index in [1.54, 1.807) is 0 Å². The molecule has 0 bridgehead atoms. The van der Waals surface area contributed by atoms with Crippen molar-refractivity contribution in [1.29, 1.82) is 0 Å².